The van der Waals surface area contributed by atoms with E-state index in [0.29, 0.717) is 22.9 Å². The van der Waals surface area contributed by atoms with Crippen LogP contribution < -0.4 is 14.8 Å². The monoisotopic (exact) mass is 381 g/mol. The van der Waals surface area contributed by atoms with Gasteiger partial charge in [-0.3, -0.25) is 14.6 Å². The summed E-state index contributed by atoms with van der Waals surface area (Å²) in [6.45, 7) is 4.49. The highest BCUT2D eigenvalue weighted by molar-refractivity contribution is 6.32. The van der Waals surface area contributed by atoms with Gasteiger partial charge < -0.3 is 14.8 Å². The lowest BCUT2D eigenvalue weighted by atomic mass is 9.86. The number of nitrogens with one attached hydrogen (secondary N) is 1. The Kier molecular flexibility index (Phi) is 5.95. The Morgan fingerprint density at radius 1 is 1.23 bits per heavy atom. The summed E-state index contributed by atoms with van der Waals surface area (Å²) in [5, 5.41) is 3.57. The number of piperazine rings is 1. The van der Waals surface area contributed by atoms with E-state index in [1.807, 2.05) is 12.1 Å². The Balaban J connectivity index is 1.76. The molecule has 1 aromatic rings. The van der Waals surface area contributed by atoms with Crippen molar-refractivity contribution in [2.75, 3.05) is 47.4 Å². The lowest BCUT2D eigenvalue weighted by molar-refractivity contribution is -0.121. The smallest absolute Gasteiger partial charge is 0.220 e. The summed E-state index contributed by atoms with van der Waals surface area (Å²) in [4.78, 5) is 16.7. The number of amides is 1. The van der Waals surface area contributed by atoms with Gasteiger partial charge in [0, 0.05) is 44.7 Å². The lowest BCUT2D eigenvalue weighted by Crippen LogP contribution is -2.60. The van der Waals surface area contributed by atoms with Gasteiger partial charge in [-0.05, 0) is 37.6 Å². The molecular formula is C19H28ClN3O3. The van der Waals surface area contributed by atoms with Crippen LogP contribution in [0, 0.1) is 0 Å². The molecule has 6 nitrogen and oxygen atoms in total. The summed E-state index contributed by atoms with van der Waals surface area (Å²) in [5.41, 5.74) is 1.16. The van der Waals surface area contributed by atoms with E-state index in [-0.39, 0.29) is 11.4 Å². The molecule has 0 aliphatic carbocycles. The molecule has 2 aliphatic rings. The molecular weight excluding hydrogens is 354 g/mol. The highest BCUT2D eigenvalue weighted by atomic mass is 35.5. The number of rotatable bonds is 4. The number of methoxy groups -OCH3 is 2. The largest absolute Gasteiger partial charge is 0.493 e. The van der Waals surface area contributed by atoms with Crippen LogP contribution in [0.5, 0.6) is 11.5 Å². The molecule has 2 saturated heterocycles. The second kappa shape index (κ2) is 8.03. The van der Waals surface area contributed by atoms with Crippen molar-refractivity contribution in [3.05, 3.63) is 22.7 Å². The first-order valence-electron chi connectivity index (χ1n) is 9.08. The van der Waals surface area contributed by atoms with Crippen molar-refractivity contribution in [3.8, 4) is 11.5 Å². The van der Waals surface area contributed by atoms with Gasteiger partial charge >= 0.3 is 0 Å². The van der Waals surface area contributed by atoms with Crippen molar-refractivity contribution in [1.82, 2.24) is 15.1 Å². The highest BCUT2D eigenvalue weighted by Crippen LogP contribution is 2.37. The summed E-state index contributed by atoms with van der Waals surface area (Å²) < 4.78 is 10.7. The van der Waals surface area contributed by atoms with Gasteiger partial charge in [-0.1, -0.05) is 11.6 Å². The van der Waals surface area contributed by atoms with Crippen LogP contribution >= 0.6 is 11.6 Å². The molecule has 0 bridgehead atoms. The van der Waals surface area contributed by atoms with Gasteiger partial charge in [0.05, 0.1) is 19.2 Å². The molecule has 1 atom stereocenters. The Morgan fingerprint density at radius 2 is 2.04 bits per heavy atom. The van der Waals surface area contributed by atoms with Crippen molar-refractivity contribution >= 4 is 17.5 Å². The molecule has 2 aliphatic heterocycles. The normalized spacial score (nSPS) is 25.0. The van der Waals surface area contributed by atoms with Crippen LogP contribution in [0.2, 0.25) is 5.02 Å². The molecule has 26 heavy (non-hydrogen) atoms. The summed E-state index contributed by atoms with van der Waals surface area (Å²) in [7, 11) is 5.40. The van der Waals surface area contributed by atoms with E-state index in [0.717, 1.165) is 51.1 Å². The maximum absolute atomic E-state index is 11.8. The zero-order valence-corrected chi connectivity index (χ0v) is 16.6. The Morgan fingerprint density at radius 3 is 2.77 bits per heavy atom. The van der Waals surface area contributed by atoms with Crippen LogP contribution in [0.1, 0.15) is 24.8 Å². The zero-order valence-electron chi connectivity index (χ0n) is 15.8. The topological polar surface area (TPSA) is 54.0 Å². The minimum absolute atomic E-state index is 0.0533. The van der Waals surface area contributed by atoms with Crippen LogP contribution in [0.15, 0.2) is 12.1 Å². The van der Waals surface area contributed by atoms with Gasteiger partial charge in [0.1, 0.15) is 0 Å². The molecule has 0 aromatic heterocycles. The number of carbonyl (C=O) groups excluding carboxylic acids is 1. The van der Waals surface area contributed by atoms with Crippen molar-refractivity contribution in [1.29, 1.82) is 0 Å². The Bertz CT molecular complexity index is 670. The predicted octanol–water partition coefficient (Wildman–Crippen LogP) is 2.14. The number of nitrogens with zero attached hydrogens (tertiary/aromatic N) is 2. The summed E-state index contributed by atoms with van der Waals surface area (Å²) in [6, 6.07) is 3.94. The first kappa shape index (κ1) is 19.3. The maximum Gasteiger partial charge on any atom is 0.220 e. The van der Waals surface area contributed by atoms with Gasteiger partial charge in [-0.25, -0.2) is 0 Å². The van der Waals surface area contributed by atoms with Crippen molar-refractivity contribution in [2.45, 2.75) is 31.3 Å². The SMILES string of the molecule is COc1cc(CN2CCN(C)[C@@]3(CCNC(=O)CC3)C2)cc(Cl)c1OC. The van der Waals surface area contributed by atoms with E-state index in [4.69, 9.17) is 21.1 Å². The van der Waals surface area contributed by atoms with Crippen molar-refractivity contribution in [3.63, 3.8) is 0 Å². The number of hydrogen-bond acceptors (Lipinski definition) is 5. The van der Waals surface area contributed by atoms with Crippen LogP contribution in [0.4, 0.5) is 0 Å². The van der Waals surface area contributed by atoms with Gasteiger partial charge in [0.2, 0.25) is 5.91 Å². The number of hydrogen-bond donors (Lipinski definition) is 1. The van der Waals surface area contributed by atoms with Crippen LogP contribution in [0.3, 0.4) is 0 Å². The summed E-state index contributed by atoms with van der Waals surface area (Å²) >= 11 is 6.36. The second-order valence-corrected chi connectivity index (χ2v) is 7.68. The van der Waals surface area contributed by atoms with E-state index in [9.17, 15) is 4.79 Å². The number of likely N-dealkylation sites (N-methyl/N-ethyl adjacent to an activating group) is 1. The second-order valence-electron chi connectivity index (χ2n) is 7.27. The first-order valence-corrected chi connectivity index (χ1v) is 9.46. The third-order valence-corrected chi connectivity index (χ3v) is 5.99. The molecule has 1 aromatic carbocycles. The number of ether oxygens (including phenoxy) is 2. The molecule has 1 amide bonds. The maximum atomic E-state index is 11.8. The first-order chi connectivity index (χ1) is 12.5. The average Bonchev–Trinajstić information content (AvgIpc) is 2.80. The molecule has 0 radical (unpaired) electrons. The summed E-state index contributed by atoms with van der Waals surface area (Å²) in [5.74, 6) is 1.39. The van der Waals surface area contributed by atoms with E-state index < -0.39 is 0 Å². The molecule has 2 fully saturated rings. The van der Waals surface area contributed by atoms with Crippen molar-refractivity contribution < 1.29 is 14.3 Å². The van der Waals surface area contributed by atoms with Gasteiger partial charge in [0.25, 0.3) is 0 Å². The molecule has 1 spiro atoms. The molecule has 2 heterocycles. The van der Waals surface area contributed by atoms with Gasteiger partial charge in [0.15, 0.2) is 11.5 Å². The molecule has 7 heteroatoms. The molecule has 3 rings (SSSR count). The van der Waals surface area contributed by atoms with Crippen LogP contribution in [-0.4, -0.2) is 68.7 Å². The minimum atomic E-state index is 0.0533. The van der Waals surface area contributed by atoms with E-state index in [1.165, 1.54) is 0 Å². The van der Waals surface area contributed by atoms with Crippen LogP contribution in [0.25, 0.3) is 0 Å². The lowest BCUT2D eigenvalue weighted by Gasteiger charge is -2.49. The number of carbonyl (C=O) groups is 1. The molecule has 0 saturated carbocycles. The Hall–Kier alpha value is -1.50. The van der Waals surface area contributed by atoms with Crippen molar-refractivity contribution in [2.24, 2.45) is 0 Å². The Labute approximate surface area is 160 Å². The third-order valence-electron chi connectivity index (χ3n) is 5.71. The highest BCUT2D eigenvalue weighted by Gasteiger charge is 2.40. The average molecular weight is 382 g/mol. The molecule has 1 N–H and O–H groups in total. The minimum Gasteiger partial charge on any atom is -0.493 e. The fourth-order valence-corrected chi connectivity index (χ4v) is 4.44. The fourth-order valence-electron chi connectivity index (χ4n) is 4.13. The van der Waals surface area contributed by atoms with Crippen LogP contribution in [-0.2, 0) is 11.3 Å². The fraction of sp³-hybridized carbons (Fsp3) is 0.632. The third kappa shape index (κ3) is 3.92. The molecule has 144 valence electrons. The molecule has 0 unspecified atom stereocenters. The number of halogens is 1. The zero-order chi connectivity index (χ0) is 18.7. The quantitative estimate of drug-likeness (QED) is 0.866. The van der Waals surface area contributed by atoms with E-state index >= 15 is 0 Å². The van der Waals surface area contributed by atoms with Gasteiger partial charge in [-0.15, -0.1) is 0 Å². The van der Waals surface area contributed by atoms with Gasteiger partial charge in [-0.2, -0.15) is 0 Å². The predicted molar refractivity (Wildman–Crippen MR) is 102 cm³/mol. The number of benzene rings is 1. The van der Waals surface area contributed by atoms with E-state index in [2.05, 4.69) is 22.2 Å². The van der Waals surface area contributed by atoms with E-state index in [1.54, 1.807) is 14.2 Å². The summed E-state index contributed by atoms with van der Waals surface area (Å²) in [6.07, 6.45) is 2.48. The standard InChI is InChI=1S/C19H28ClN3O3/c1-22-8-9-23(13-19(22)5-4-17(24)21-7-6-19)12-14-10-15(20)18(26-3)16(11-14)25-2/h10-11H,4-9,12-13H2,1-3H3,(H,21,24)/t19-/m0/s1.